The van der Waals surface area contributed by atoms with E-state index in [2.05, 4.69) is 11.2 Å². The van der Waals surface area contributed by atoms with Crippen molar-refractivity contribution in [3.05, 3.63) is 66.0 Å². The highest BCUT2D eigenvalue weighted by Gasteiger charge is 2.25. The molecule has 0 saturated carbocycles. The molecule has 2 aliphatic rings. The third-order valence-corrected chi connectivity index (χ3v) is 6.54. The number of benzene rings is 1. The highest BCUT2D eigenvalue weighted by Crippen LogP contribution is 2.21. The van der Waals surface area contributed by atoms with Crippen LogP contribution in [0, 0.1) is 5.92 Å². The van der Waals surface area contributed by atoms with E-state index >= 15 is 0 Å². The topological polar surface area (TPSA) is 76.4 Å². The standard InChI is InChI=1S/C26H30N4O4/c31-25-7-3-10-28(25)13-15-34-23-6-1-4-22(17-23)26(32)29-12-14-33-19-20(18-29)16-21-5-2-11-30-24(21)8-9-27-30/h1-2,4-6,8-9,11,17,20H,3,7,10,12-16,18-19H2. The van der Waals surface area contributed by atoms with Crippen LogP contribution in [0.4, 0.5) is 0 Å². The van der Waals surface area contributed by atoms with Gasteiger partial charge >= 0.3 is 0 Å². The Kier molecular flexibility index (Phi) is 6.76. The minimum absolute atomic E-state index is 0.0155. The number of aromatic nitrogens is 2. The molecule has 178 valence electrons. The van der Waals surface area contributed by atoms with E-state index in [0.717, 1.165) is 24.9 Å². The van der Waals surface area contributed by atoms with Crippen LogP contribution in [0.3, 0.4) is 0 Å². The molecule has 4 heterocycles. The molecule has 8 heteroatoms. The molecule has 2 aliphatic heterocycles. The summed E-state index contributed by atoms with van der Waals surface area (Å²) >= 11 is 0. The van der Waals surface area contributed by atoms with Crippen LogP contribution >= 0.6 is 0 Å². The van der Waals surface area contributed by atoms with Crippen LogP contribution in [0.25, 0.3) is 5.52 Å². The number of nitrogens with zero attached hydrogens (tertiary/aromatic N) is 4. The third kappa shape index (κ3) is 5.07. The summed E-state index contributed by atoms with van der Waals surface area (Å²) in [5.41, 5.74) is 2.90. The molecule has 34 heavy (non-hydrogen) atoms. The van der Waals surface area contributed by atoms with Crippen LogP contribution in [0.5, 0.6) is 5.75 Å². The van der Waals surface area contributed by atoms with Gasteiger partial charge < -0.3 is 19.3 Å². The second-order valence-corrected chi connectivity index (χ2v) is 8.95. The largest absolute Gasteiger partial charge is 0.492 e. The molecule has 5 rings (SSSR count). The van der Waals surface area contributed by atoms with Gasteiger partial charge in [-0.25, -0.2) is 4.52 Å². The van der Waals surface area contributed by atoms with Crippen molar-refractivity contribution in [2.24, 2.45) is 5.92 Å². The van der Waals surface area contributed by atoms with Crippen molar-refractivity contribution in [1.82, 2.24) is 19.4 Å². The van der Waals surface area contributed by atoms with Gasteiger partial charge in [0.1, 0.15) is 12.4 Å². The average molecular weight is 463 g/mol. The number of fused-ring (bicyclic) bond motifs is 1. The molecule has 1 aromatic carbocycles. The molecule has 2 aromatic heterocycles. The molecule has 0 N–H and O–H groups in total. The lowest BCUT2D eigenvalue weighted by molar-refractivity contribution is -0.128. The molecular weight excluding hydrogens is 432 g/mol. The van der Waals surface area contributed by atoms with Gasteiger partial charge in [0.2, 0.25) is 5.91 Å². The highest BCUT2D eigenvalue weighted by molar-refractivity contribution is 5.94. The molecule has 0 radical (unpaired) electrons. The van der Waals surface area contributed by atoms with E-state index in [-0.39, 0.29) is 17.7 Å². The molecule has 1 unspecified atom stereocenters. The van der Waals surface area contributed by atoms with Gasteiger partial charge in [0, 0.05) is 49.9 Å². The van der Waals surface area contributed by atoms with Gasteiger partial charge in [-0.15, -0.1) is 0 Å². The number of ether oxygens (including phenoxy) is 2. The van der Waals surface area contributed by atoms with E-state index in [1.165, 1.54) is 5.56 Å². The average Bonchev–Trinajstić information content (AvgIpc) is 3.43. The Hall–Kier alpha value is -3.39. The third-order valence-electron chi connectivity index (χ3n) is 6.54. The van der Waals surface area contributed by atoms with E-state index in [0.29, 0.717) is 57.2 Å². The Labute approximate surface area is 199 Å². The van der Waals surface area contributed by atoms with Gasteiger partial charge in [0.05, 0.1) is 25.3 Å². The molecule has 2 fully saturated rings. The number of carbonyl (C=O) groups excluding carboxylic acids is 2. The highest BCUT2D eigenvalue weighted by atomic mass is 16.5. The summed E-state index contributed by atoms with van der Waals surface area (Å²) in [4.78, 5) is 28.8. The van der Waals surface area contributed by atoms with E-state index in [9.17, 15) is 9.59 Å². The lowest BCUT2D eigenvalue weighted by Crippen LogP contribution is -2.36. The van der Waals surface area contributed by atoms with Gasteiger partial charge in [-0.1, -0.05) is 12.1 Å². The van der Waals surface area contributed by atoms with Crippen molar-refractivity contribution in [1.29, 1.82) is 0 Å². The van der Waals surface area contributed by atoms with E-state index in [1.807, 2.05) is 50.8 Å². The zero-order valence-corrected chi connectivity index (χ0v) is 19.3. The summed E-state index contributed by atoms with van der Waals surface area (Å²) in [6.45, 7) is 4.14. The molecular formula is C26H30N4O4. The molecule has 0 bridgehead atoms. The smallest absolute Gasteiger partial charge is 0.254 e. The Morgan fingerprint density at radius 2 is 2.12 bits per heavy atom. The number of hydrogen-bond acceptors (Lipinski definition) is 5. The molecule has 2 saturated heterocycles. The van der Waals surface area contributed by atoms with Crippen LogP contribution in [0.1, 0.15) is 28.8 Å². The van der Waals surface area contributed by atoms with Crippen molar-refractivity contribution >= 4 is 17.3 Å². The molecule has 3 aromatic rings. The van der Waals surface area contributed by atoms with E-state index in [4.69, 9.17) is 9.47 Å². The fourth-order valence-electron chi connectivity index (χ4n) is 4.80. The van der Waals surface area contributed by atoms with Crippen LogP contribution in [-0.2, 0) is 16.0 Å². The normalized spacial score (nSPS) is 18.9. The van der Waals surface area contributed by atoms with Gasteiger partial charge in [0.25, 0.3) is 5.91 Å². The summed E-state index contributed by atoms with van der Waals surface area (Å²) < 4.78 is 13.6. The lowest BCUT2D eigenvalue weighted by Gasteiger charge is -2.24. The second kappa shape index (κ2) is 10.3. The summed E-state index contributed by atoms with van der Waals surface area (Å²) in [6, 6.07) is 13.4. The molecule has 1 atom stereocenters. The maximum atomic E-state index is 13.3. The minimum atomic E-state index is -0.0155. The van der Waals surface area contributed by atoms with Gasteiger partial charge in [-0.3, -0.25) is 9.59 Å². The Morgan fingerprint density at radius 3 is 3.00 bits per heavy atom. The predicted molar refractivity (Wildman–Crippen MR) is 127 cm³/mol. The van der Waals surface area contributed by atoms with Gasteiger partial charge in [0.15, 0.2) is 0 Å². The number of likely N-dealkylation sites (tertiary alicyclic amines) is 1. The molecule has 8 nitrogen and oxygen atoms in total. The van der Waals surface area contributed by atoms with Crippen molar-refractivity contribution in [2.45, 2.75) is 19.3 Å². The quantitative estimate of drug-likeness (QED) is 0.540. The van der Waals surface area contributed by atoms with Crippen molar-refractivity contribution in [2.75, 3.05) is 46.0 Å². The summed E-state index contributed by atoms with van der Waals surface area (Å²) in [5, 5.41) is 4.32. The first kappa shape index (κ1) is 22.4. The van der Waals surface area contributed by atoms with Crippen molar-refractivity contribution in [3.63, 3.8) is 0 Å². The number of amides is 2. The van der Waals surface area contributed by atoms with E-state index in [1.54, 1.807) is 12.3 Å². The first-order chi connectivity index (χ1) is 16.7. The molecule has 2 amide bonds. The fraction of sp³-hybridized carbons (Fsp3) is 0.423. The zero-order chi connectivity index (χ0) is 23.3. The number of pyridine rings is 1. The Morgan fingerprint density at radius 1 is 1.18 bits per heavy atom. The predicted octanol–water partition coefficient (Wildman–Crippen LogP) is 2.67. The van der Waals surface area contributed by atoms with Gasteiger partial charge in [-0.2, -0.15) is 5.10 Å². The SMILES string of the molecule is O=C1CCCN1CCOc1cccc(C(=O)N2CCOCC(Cc3cccn4nccc34)C2)c1. The van der Waals surface area contributed by atoms with Crippen LogP contribution in [-0.4, -0.2) is 77.2 Å². The van der Waals surface area contributed by atoms with Crippen LogP contribution in [0.2, 0.25) is 0 Å². The maximum absolute atomic E-state index is 13.3. The number of rotatable bonds is 7. The minimum Gasteiger partial charge on any atom is -0.492 e. The van der Waals surface area contributed by atoms with Gasteiger partial charge in [-0.05, 0) is 48.7 Å². The lowest BCUT2D eigenvalue weighted by atomic mass is 9.99. The number of carbonyl (C=O) groups is 2. The first-order valence-electron chi connectivity index (χ1n) is 12.0. The first-order valence-corrected chi connectivity index (χ1v) is 12.0. The van der Waals surface area contributed by atoms with Crippen molar-refractivity contribution < 1.29 is 19.1 Å². The Bertz CT molecular complexity index is 1160. The van der Waals surface area contributed by atoms with Crippen LogP contribution in [0.15, 0.2) is 54.9 Å². The fourth-order valence-corrected chi connectivity index (χ4v) is 4.80. The van der Waals surface area contributed by atoms with Crippen LogP contribution < -0.4 is 4.74 Å². The van der Waals surface area contributed by atoms with E-state index < -0.39 is 0 Å². The summed E-state index contributed by atoms with van der Waals surface area (Å²) in [7, 11) is 0. The monoisotopic (exact) mass is 462 g/mol. The summed E-state index contributed by atoms with van der Waals surface area (Å²) in [6.07, 6.45) is 6.11. The zero-order valence-electron chi connectivity index (χ0n) is 19.3. The molecule has 0 spiro atoms. The Balaban J connectivity index is 1.22. The van der Waals surface area contributed by atoms with Crippen molar-refractivity contribution in [3.8, 4) is 5.75 Å². The molecule has 0 aliphatic carbocycles. The second-order valence-electron chi connectivity index (χ2n) is 8.95. The summed E-state index contributed by atoms with van der Waals surface area (Å²) in [5.74, 6) is 1.02. The number of hydrogen-bond donors (Lipinski definition) is 0. The maximum Gasteiger partial charge on any atom is 0.254 e.